The van der Waals surface area contributed by atoms with Crippen molar-refractivity contribution in [1.29, 1.82) is 0 Å². The van der Waals surface area contributed by atoms with Gasteiger partial charge in [0.25, 0.3) is 0 Å². The molecule has 3 heterocycles. The van der Waals surface area contributed by atoms with Gasteiger partial charge in [-0.1, -0.05) is 72.8 Å². The molecule has 0 saturated carbocycles. The largest absolute Gasteiger partial charge is 0.309 e. The summed E-state index contributed by atoms with van der Waals surface area (Å²) < 4.78 is 5.17. The fourth-order valence-electron chi connectivity index (χ4n) is 5.53. The summed E-state index contributed by atoms with van der Waals surface area (Å²) in [7, 11) is 0. The first-order valence-electron chi connectivity index (χ1n) is 11.0. The van der Waals surface area contributed by atoms with Crippen molar-refractivity contribution in [2.75, 3.05) is 0 Å². The molecule has 8 aromatic rings. The number of rotatable bonds is 0. The van der Waals surface area contributed by atoms with E-state index in [4.69, 9.17) is 0 Å². The molecule has 0 spiro atoms. The number of aromatic nitrogens is 1. The van der Waals surface area contributed by atoms with Crippen LogP contribution in [0.5, 0.6) is 0 Å². The van der Waals surface area contributed by atoms with E-state index < -0.39 is 0 Å². The van der Waals surface area contributed by atoms with E-state index in [2.05, 4.69) is 108 Å². The molecule has 0 amide bonds. The third-order valence-corrected chi connectivity index (χ3v) is 8.06. The van der Waals surface area contributed by atoms with E-state index in [-0.39, 0.29) is 0 Å². The normalized spacial score (nSPS) is 12.4. The number of fused-ring (bicyclic) bond motifs is 13. The highest BCUT2D eigenvalue weighted by Gasteiger charge is 2.16. The maximum Gasteiger partial charge on any atom is 0.0555 e. The first-order chi connectivity index (χ1) is 15.9. The molecule has 0 aliphatic rings. The van der Waals surface area contributed by atoms with Crippen molar-refractivity contribution in [2.24, 2.45) is 0 Å². The van der Waals surface area contributed by atoms with Crippen LogP contribution in [0.25, 0.3) is 69.0 Å². The lowest BCUT2D eigenvalue weighted by Gasteiger charge is -2.13. The van der Waals surface area contributed by atoms with Crippen molar-refractivity contribution in [3.63, 3.8) is 0 Å². The van der Waals surface area contributed by atoms with E-state index in [9.17, 15) is 0 Å². The SMILES string of the molecule is c1ccc2c(c1)ccc1c3cc4c(cc3n3c5ccccc5cc3c21)sc1ccccc14. The predicted molar refractivity (Wildman–Crippen MR) is 140 cm³/mol. The molecule has 1 nitrogen and oxygen atoms in total. The Labute approximate surface area is 187 Å². The first-order valence-corrected chi connectivity index (χ1v) is 11.8. The van der Waals surface area contributed by atoms with Gasteiger partial charge in [-0.3, -0.25) is 0 Å². The molecule has 0 bridgehead atoms. The van der Waals surface area contributed by atoms with Crippen LogP contribution in [0.1, 0.15) is 0 Å². The summed E-state index contributed by atoms with van der Waals surface area (Å²) in [5.41, 5.74) is 3.83. The van der Waals surface area contributed by atoms with Crippen LogP contribution in [0.15, 0.2) is 103 Å². The molecule has 0 aliphatic carbocycles. The number of benzene rings is 5. The summed E-state index contributed by atoms with van der Waals surface area (Å²) in [5, 5.41) is 10.6. The van der Waals surface area contributed by atoms with Gasteiger partial charge in [-0.2, -0.15) is 0 Å². The maximum absolute atomic E-state index is 2.48. The Bertz CT molecular complexity index is 2040. The van der Waals surface area contributed by atoms with Gasteiger partial charge in [-0.25, -0.2) is 0 Å². The summed E-state index contributed by atoms with van der Waals surface area (Å²) in [6.07, 6.45) is 0. The Kier molecular flexibility index (Phi) is 3.08. The van der Waals surface area contributed by atoms with Gasteiger partial charge in [0.05, 0.1) is 16.6 Å². The van der Waals surface area contributed by atoms with Gasteiger partial charge in [0, 0.05) is 36.3 Å². The Morgan fingerprint density at radius 3 is 2.16 bits per heavy atom. The number of hydrogen-bond donors (Lipinski definition) is 0. The average Bonchev–Trinajstić information content (AvgIpc) is 3.41. The number of nitrogens with zero attached hydrogens (tertiary/aromatic N) is 1. The molecule has 5 aromatic carbocycles. The van der Waals surface area contributed by atoms with E-state index in [0.29, 0.717) is 0 Å². The highest BCUT2D eigenvalue weighted by atomic mass is 32.1. The lowest BCUT2D eigenvalue weighted by Crippen LogP contribution is -1.91. The number of para-hydroxylation sites is 1. The minimum Gasteiger partial charge on any atom is -0.309 e. The third kappa shape index (κ3) is 2.03. The second-order valence-electron chi connectivity index (χ2n) is 8.60. The zero-order chi connectivity index (χ0) is 20.8. The number of pyridine rings is 1. The van der Waals surface area contributed by atoms with Gasteiger partial charge in [-0.05, 0) is 46.5 Å². The van der Waals surface area contributed by atoms with Crippen molar-refractivity contribution in [3.05, 3.63) is 103 Å². The minimum atomic E-state index is 1.27. The van der Waals surface area contributed by atoms with Crippen LogP contribution >= 0.6 is 11.3 Å². The first kappa shape index (κ1) is 16.8. The molecule has 8 rings (SSSR count). The molecule has 0 saturated heterocycles. The average molecular weight is 424 g/mol. The van der Waals surface area contributed by atoms with Crippen molar-refractivity contribution in [1.82, 2.24) is 4.40 Å². The van der Waals surface area contributed by atoms with Crippen molar-refractivity contribution >= 4 is 80.4 Å². The molecule has 0 fully saturated rings. The predicted octanol–water partition coefficient (Wildman–Crippen LogP) is 8.92. The highest BCUT2D eigenvalue weighted by molar-refractivity contribution is 7.25. The van der Waals surface area contributed by atoms with Crippen molar-refractivity contribution in [3.8, 4) is 0 Å². The fourth-order valence-corrected chi connectivity index (χ4v) is 6.65. The van der Waals surface area contributed by atoms with Crippen LogP contribution in [0.3, 0.4) is 0 Å². The molecular formula is C30H17NS. The van der Waals surface area contributed by atoms with Gasteiger partial charge >= 0.3 is 0 Å². The van der Waals surface area contributed by atoms with Crippen LogP contribution in [-0.4, -0.2) is 4.40 Å². The fraction of sp³-hybridized carbons (Fsp3) is 0. The molecule has 3 aromatic heterocycles. The molecule has 0 atom stereocenters. The summed E-state index contributed by atoms with van der Waals surface area (Å²) >= 11 is 1.89. The van der Waals surface area contributed by atoms with Gasteiger partial charge in [0.1, 0.15) is 0 Å². The number of thiophene rings is 1. The van der Waals surface area contributed by atoms with Crippen LogP contribution in [0, 0.1) is 0 Å². The van der Waals surface area contributed by atoms with Gasteiger partial charge in [0.2, 0.25) is 0 Å². The van der Waals surface area contributed by atoms with E-state index >= 15 is 0 Å². The smallest absolute Gasteiger partial charge is 0.0555 e. The van der Waals surface area contributed by atoms with Crippen LogP contribution < -0.4 is 0 Å². The molecular weight excluding hydrogens is 406 g/mol. The topological polar surface area (TPSA) is 4.41 Å². The second kappa shape index (κ2) is 5.87. The molecule has 148 valence electrons. The van der Waals surface area contributed by atoms with Gasteiger partial charge in [-0.15, -0.1) is 11.3 Å². The Morgan fingerprint density at radius 2 is 1.22 bits per heavy atom. The summed E-state index contributed by atoms with van der Waals surface area (Å²) in [6.45, 7) is 0. The highest BCUT2D eigenvalue weighted by Crippen LogP contribution is 2.42. The molecule has 0 unspecified atom stereocenters. The second-order valence-corrected chi connectivity index (χ2v) is 9.68. The summed E-state index contributed by atoms with van der Waals surface area (Å²) in [5.74, 6) is 0. The van der Waals surface area contributed by atoms with Crippen molar-refractivity contribution in [2.45, 2.75) is 0 Å². The van der Waals surface area contributed by atoms with Crippen LogP contribution in [-0.2, 0) is 0 Å². The molecule has 2 heteroatoms. The standard InChI is InChI=1S/C30H17NS/c1-3-9-20-18(7-1)13-14-22-23-16-24-21-10-4-6-12-28(21)32-29(24)17-26(23)31-25-11-5-2-8-19(25)15-27(31)30(20)22/h1-17H. The molecule has 32 heavy (non-hydrogen) atoms. The molecule has 0 radical (unpaired) electrons. The summed E-state index contributed by atoms with van der Waals surface area (Å²) in [4.78, 5) is 0. The van der Waals surface area contributed by atoms with Crippen LogP contribution in [0.2, 0.25) is 0 Å². The monoisotopic (exact) mass is 423 g/mol. The van der Waals surface area contributed by atoms with E-state index in [1.54, 1.807) is 0 Å². The molecule has 0 aliphatic heterocycles. The molecule has 0 N–H and O–H groups in total. The van der Waals surface area contributed by atoms with E-state index in [1.807, 2.05) is 11.3 Å². The lowest BCUT2D eigenvalue weighted by atomic mass is 9.97. The Hall–Kier alpha value is -3.88. The van der Waals surface area contributed by atoms with Gasteiger partial charge in [0.15, 0.2) is 0 Å². The third-order valence-electron chi connectivity index (χ3n) is 6.92. The van der Waals surface area contributed by atoms with E-state index in [0.717, 1.165) is 0 Å². The Balaban J connectivity index is 1.75. The van der Waals surface area contributed by atoms with Gasteiger partial charge < -0.3 is 4.40 Å². The number of hydrogen-bond acceptors (Lipinski definition) is 1. The Morgan fingerprint density at radius 1 is 0.438 bits per heavy atom. The van der Waals surface area contributed by atoms with Crippen molar-refractivity contribution < 1.29 is 0 Å². The van der Waals surface area contributed by atoms with Crippen LogP contribution in [0.4, 0.5) is 0 Å². The van der Waals surface area contributed by atoms with E-state index in [1.165, 1.54) is 69.0 Å². The quantitative estimate of drug-likeness (QED) is 0.214. The minimum absolute atomic E-state index is 1.27. The zero-order valence-corrected chi connectivity index (χ0v) is 18.0. The zero-order valence-electron chi connectivity index (χ0n) is 17.2. The lowest BCUT2D eigenvalue weighted by molar-refractivity contribution is 1.35. The maximum atomic E-state index is 2.48. The summed E-state index contributed by atoms with van der Waals surface area (Å²) in [6, 6.07) is 38.1.